The number of aromatic amines is 1. The van der Waals surface area contributed by atoms with Crippen LogP contribution < -0.4 is 16.0 Å². The average Bonchev–Trinajstić information content (AvgIpc) is 2.50. The van der Waals surface area contributed by atoms with Gasteiger partial charge in [0.25, 0.3) is 5.56 Å². The number of anilines is 1. The van der Waals surface area contributed by atoms with Crippen LogP contribution in [-0.4, -0.2) is 16.2 Å². The summed E-state index contributed by atoms with van der Waals surface area (Å²) in [6.07, 6.45) is 3.34. The van der Waals surface area contributed by atoms with E-state index in [0.29, 0.717) is 22.3 Å². The van der Waals surface area contributed by atoms with Gasteiger partial charge in [0.15, 0.2) is 5.75 Å². The zero-order valence-electron chi connectivity index (χ0n) is 11.3. The molecule has 0 aliphatic rings. The fourth-order valence-electron chi connectivity index (χ4n) is 2.02. The molecule has 0 radical (unpaired) electrons. The first-order valence-corrected chi connectivity index (χ1v) is 7.49. The summed E-state index contributed by atoms with van der Waals surface area (Å²) in [5, 5.41) is 0.445. The van der Waals surface area contributed by atoms with Crippen LogP contribution in [0.2, 0.25) is 0 Å². The van der Waals surface area contributed by atoms with Gasteiger partial charge in [-0.05, 0) is 24.5 Å². The minimum absolute atomic E-state index is 0.220. The lowest BCUT2D eigenvalue weighted by atomic mass is 10.2. The second kappa shape index (κ2) is 5.49. The molecule has 21 heavy (non-hydrogen) atoms. The van der Waals surface area contributed by atoms with Gasteiger partial charge in [-0.1, -0.05) is 12.1 Å². The van der Waals surface area contributed by atoms with E-state index in [-0.39, 0.29) is 5.56 Å². The lowest BCUT2D eigenvalue weighted by Crippen LogP contribution is -2.07. The van der Waals surface area contributed by atoms with Crippen molar-refractivity contribution in [2.75, 3.05) is 12.0 Å². The van der Waals surface area contributed by atoms with E-state index in [4.69, 9.17) is 10.5 Å². The van der Waals surface area contributed by atoms with Gasteiger partial charge in [0.2, 0.25) is 0 Å². The quantitative estimate of drug-likeness (QED) is 0.574. The van der Waals surface area contributed by atoms with Crippen molar-refractivity contribution < 1.29 is 4.74 Å². The van der Waals surface area contributed by atoms with Crippen LogP contribution >= 0.6 is 11.8 Å². The fourth-order valence-corrected chi connectivity index (χ4v) is 2.55. The normalized spacial score (nSPS) is 10.7. The predicted molar refractivity (Wildman–Crippen MR) is 85.1 cm³/mol. The molecule has 1 aromatic heterocycles. The van der Waals surface area contributed by atoms with Crippen molar-refractivity contribution in [1.29, 1.82) is 0 Å². The monoisotopic (exact) mass is 299 g/mol. The summed E-state index contributed by atoms with van der Waals surface area (Å²) in [5.41, 5.74) is 6.71. The molecule has 3 aromatic rings. The molecule has 0 fully saturated rings. The molecule has 0 saturated heterocycles. The molecule has 3 N–H and O–H groups in total. The minimum atomic E-state index is -0.220. The van der Waals surface area contributed by atoms with Crippen LogP contribution in [-0.2, 0) is 0 Å². The molecule has 0 bridgehead atoms. The summed E-state index contributed by atoms with van der Waals surface area (Å²) in [6.45, 7) is 0. The van der Waals surface area contributed by atoms with Crippen molar-refractivity contribution in [2.45, 2.75) is 4.90 Å². The highest BCUT2D eigenvalue weighted by atomic mass is 32.2. The van der Waals surface area contributed by atoms with Gasteiger partial charge >= 0.3 is 0 Å². The molecule has 106 valence electrons. The Kier molecular flexibility index (Phi) is 3.53. The lowest BCUT2D eigenvalue weighted by molar-refractivity contribution is 0.474. The Hall–Kier alpha value is -2.47. The van der Waals surface area contributed by atoms with Crippen LogP contribution in [0.1, 0.15) is 0 Å². The van der Waals surface area contributed by atoms with Crippen molar-refractivity contribution in [2.24, 2.45) is 0 Å². The second-order valence-electron chi connectivity index (χ2n) is 4.39. The first-order valence-electron chi connectivity index (χ1n) is 6.27. The lowest BCUT2D eigenvalue weighted by Gasteiger charge is -2.11. The van der Waals surface area contributed by atoms with E-state index in [1.807, 2.05) is 30.5 Å². The Labute approximate surface area is 125 Å². The van der Waals surface area contributed by atoms with E-state index in [9.17, 15) is 4.79 Å². The maximum absolute atomic E-state index is 11.7. The summed E-state index contributed by atoms with van der Waals surface area (Å²) in [7, 11) is 0. The number of hydrogen-bond donors (Lipinski definition) is 2. The Balaban J connectivity index is 2.09. The molecule has 0 spiro atoms. The fraction of sp³-hybridized carbons (Fsp3) is 0.0667. The predicted octanol–water partition coefficient (Wildman–Crippen LogP) is 3.02. The number of nitrogens with two attached hydrogens (primary N) is 1. The molecule has 2 aromatic carbocycles. The smallest absolute Gasteiger partial charge is 0.258 e. The first kappa shape index (κ1) is 13.5. The summed E-state index contributed by atoms with van der Waals surface area (Å²) in [4.78, 5) is 19.4. The van der Waals surface area contributed by atoms with Crippen LogP contribution in [0.15, 0.2) is 52.4 Å². The molecular formula is C15H13N3O2S. The Bertz CT molecular complexity index is 861. The molecule has 0 saturated carbocycles. The zero-order valence-corrected chi connectivity index (χ0v) is 12.1. The highest BCUT2D eigenvalue weighted by Gasteiger charge is 2.10. The third kappa shape index (κ3) is 2.57. The summed E-state index contributed by atoms with van der Waals surface area (Å²) >= 11 is 1.59. The Morgan fingerprint density at radius 1 is 1.24 bits per heavy atom. The van der Waals surface area contributed by atoms with Crippen molar-refractivity contribution in [3.05, 3.63) is 53.1 Å². The largest absolute Gasteiger partial charge is 0.454 e. The zero-order chi connectivity index (χ0) is 14.8. The molecule has 0 unspecified atom stereocenters. The number of nitrogen functional groups attached to an aromatic ring is 1. The van der Waals surface area contributed by atoms with Crippen molar-refractivity contribution in [3.63, 3.8) is 0 Å². The van der Waals surface area contributed by atoms with Gasteiger partial charge in [-0.2, -0.15) is 0 Å². The Morgan fingerprint density at radius 2 is 2.05 bits per heavy atom. The van der Waals surface area contributed by atoms with Crippen LogP contribution in [0.4, 0.5) is 5.69 Å². The third-order valence-electron chi connectivity index (χ3n) is 3.06. The van der Waals surface area contributed by atoms with Crippen molar-refractivity contribution in [3.8, 4) is 11.5 Å². The van der Waals surface area contributed by atoms with Crippen LogP contribution in [0, 0.1) is 0 Å². The number of nitrogens with zero attached hydrogens (tertiary/aromatic N) is 1. The maximum Gasteiger partial charge on any atom is 0.258 e. The number of ether oxygens (including phenoxy) is 1. The highest BCUT2D eigenvalue weighted by Crippen LogP contribution is 2.35. The SMILES string of the molecule is CSc1ccccc1Oc1cc2nc[nH]c(=O)c2cc1N. The molecule has 3 rings (SSSR count). The summed E-state index contributed by atoms with van der Waals surface area (Å²) < 4.78 is 5.88. The molecule has 6 heteroatoms. The van der Waals surface area contributed by atoms with Gasteiger partial charge in [0.05, 0.1) is 22.9 Å². The number of benzene rings is 2. The average molecular weight is 299 g/mol. The minimum Gasteiger partial charge on any atom is -0.454 e. The van der Waals surface area contributed by atoms with Gasteiger partial charge in [-0.3, -0.25) is 4.79 Å². The van der Waals surface area contributed by atoms with E-state index in [1.54, 1.807) is 23.9 Å². The van der Waals surface area contributed by atoms with Crippen molar-refractivity contribution in [1.82, 2.24) is 9.97 Å². The van der Waals surface area contributed by atoms with Gasteiger partial charge in [0, 0.05) is 11.0 Å². The molecule has 0 amide bonds. The Morgan fingerprint density at radius 3 is 2.86 bits per heavy atom. The van der Waals surface area contributed by atoms with E-state index in [1.165, 1.54) is 6.33 Å². The molecule has 0 atom stereocenters. The van der Waals surface area contributed by atoms with E-state index >= 15 is 0 Å². The molecule has 1 heterocycles. The summed E-state index contributed by atoms with van der Waals surface area (Å²) in [5.74, 6) is 1.21. The number of rotatable bonds is 3. The van der Waals surface area contributed by atoms with Gasteiger partial charge in [0.1, 0.15) is 5.75 Å². The highest BCUT2D eigenvalue weighted by molar-refractivity contribution is 7.98. The standard InChI is InChI=1S/C15H13N3O2S/c1-21-14-5-3-2-4-12(14)20-13-7-11-9(6-10(13)16)15(19)18-8-17-11/h2-8H,16H2,1H3,(H,17,18,19). The molecule has 0 aliphatic carbocycles. The second-order valence-corrected chi connectivity index (χ2v) is 5.24. The number of para-hydroxylation sites is 1. The van der Waals surface area contributed by atoms with Crippen LogP contribution in [0.3, 0.4) is 0 Å². The number of aromatic nitrogens is 2. The number of hydrogen-bond acceptors (Lipinski definition) is 5. The van der Waals surface area contributed by atoms with Gasteiger partial charge in [-0.15, -0.1) is 11.8 Å². The van der Waals surface area contributed by atoms with Gasteiger partial charge < -0.3 is 15.5 Å². The van der Waals surface area contributed by atoms with Crippen LogP contribution in [0.5, 0.6) is 11.5 Å². The number of fused-ring (bicyclic) bond motifs is 1. The molecule has 0 aliphatic heterocycles. The first-order chi connectivity index (χ1) is 10.2. The third-order valence-corrected chi connectivity index (χ3v) is 3.84. The topological polar surface area (TPSA) is 81.0 Å². The number of thioether (sulfide) groups is 1. The van der Waals surface area contributed by atoms with E-state index in [0.717, 1.165) is 10.6 Å². The van der Waals surface area contributed by atoms with Gasteiger partial charge in [-0.25, -0.2) is 4.98 Å². The summed E-state index contributed by atoms with van der Waals surface area (Å²) in [6, 6.07) is 11.0. The molecule has 5 nitrogen and oxygen atoms in total. The maximum atomic E-state index is 11.7. The molecular weight excluding hydrogens is 286 g/mol. The van der Waals surface area contributed by atoms with E-state index < -0.39 is 0 Å². The number of nitrogens with one attached hydrogen (secondary N) is 1. The van der Waals surface area contributed by atoms with E-state index in [2.05, 4.69) is 9.97 Å². The van der Waals surface area contributed by atoms with Crippen molar-refractivity contribution >= 4 is 28.4 Å². The van der Waals surface area contributed by atoms with Crippen LogP contribution in [0.25, 0.3) is 10.9 Å². The number of H-pyrrole nitrogens is 1.